The van der Waals surface area contributed by atoms with Crippen LogP contribution in [-0.2, 0) is 18.3 Å². The largest absolute Gasteiger partial charge is 0.450 e. The van der Waals surface area contributed by atoms with E-state index in [0.29, 0.717) is 12.3 Å². The number of nitrogens with one attached hydrogen (secondary N) is 2. The van der Waals surface area contributed by atoms with E-state index in [9.17, 15) is 4.79 Å². The van der Waals surface area contributed by atoms with Crippen LogP contribution in [0.5, 0.6) is 0 Å². The first-order valence-electron chi connectivity index (χ1n) is 8.40. The number of piperidine rings is 1. The Morgan fingerprint density at radius 3 is 2.87 bits per heavy atom. The van der Waals surface area contributed by atoms with Crippen LogP contribution in [-0.4, -0.2) is 35.3 Å². The zero-order valence-electron chi connectivity index (χ0n) is 13.9. The second-order valence-electron chi connectivity index (χ2n) is 6.12. The monoisotopic (exact) mass is 317 g/mol. The summed E-state index contributed by atoms with van der Waals surface area (Å²) >= 11 is 0. The van der Waals surface area contributed by atoms with E-state index in [1.807, 2.05) is 18.2 Å². The van der Waals surface area contributed by atoms with Crippen LogP contribution in [0.25, 0.3) is 11.0 Å². The number of rotatable bonds is 4. The molecule has 6 heteroatoms. The minimum absolute atomic E-state index is 0.362. The van der Waals surface area contributed by atoms with Crippen LogP contribution in [0.3, 0.4) is 0 Å². The van der Waals surface area contributed by atoms with Crippen molar-refractivity contribution in [3.63, 3.8) is 0 Å². The summed E-state index contributed by atoms with van der Waals surface area (Å²) in [5.41, 5.74) is 2.71. The lowest BCUT2D eigenvalue weighted by atomic mass is 10.1. The number of hydrogen-bond acceptors (Lipinski definition) is 3. The van der Waals surface area contributed by atoms with Crippen LogP contribution in [0.4, 0.5) is 10.5 Å². The predicted molar refractivity (Wildman–Crippen MR) is 89.6 cm³/mol. The molecule has 2 N–H and O–H groups in total. The first-order chi connectivity index (χ1) is 11.2. The molecule has 1 aliphatic heterocycles. The Balaban J connectivity index is 1.78. The van der Waals surface area contributed by atoms with Gasteiger partial charge in [0.1, 0.15) is 6.54 Å². The Hall–Kier alpha value is -2.08. The molecule has 0 bridgehead atoms. The van der Waals surface area contributed by atoms with E-state index in [2.05, 4.69) is 16.9 Å². The summed E-state index contributed by atoms with van der Waals surface area (Å²) in [5.74, 6) is 1.10. The van der Waals surface area contributed by atoms with Crippen LogP contribution < -0.4 is 10.2 Å². The lowest BCUT2D eigenvalue weighted by Gasteiger charge is -2.23. The molecule has 1 aromatic carbocycles. The van der Waals surface area contributed by atoms with E-state index < -0.39 is 6.09 Å². The molecular weight excluding hydrogens is 292 g/mol. The number of quaternary nitrogens is 1. The zero-order chi connectivity index (χ0) is 16.2. The number of likely N-dealkylation sites (tertiary alicyclic amines) is 1. The number of aromatic nitrogens is 2. The van der Waals surface area contributed by atoms with Gasteiger partial charge in [-0.05, 0) is 44.4 Å². The topological polar surface area (TPSA) is 60.6 Å². The summed E-state index contributed by atoms with van der Waals surface area (Å²) in [6.07, 6.45) is 3.55. The van der Waals surface area contributed by atoms with Crippen LogP contribution in [0.15, 0.2) is 18.2 Å². The summed E-state index contributed by atoms with van der Waals surface area (Å²) in [7, 11) is 2.06. The molecule has 1 aliphatic rings. The predicted octanol–water partition coefficient (Wildman–Crippen LogP) is 1.71. The van der Waals surface area contributed by atoms with Crippen molar-refractivity contribution in [3.05, 3.63) is 24.0 Å². The van der Waals surface area contributed by atoms with Crippen LogP contribution in [0.2, 0.25) is 0 Å². The van der Waals surface area contributed by atoms with Gasteiger partial charge in [0, 0.05) is 12.7 Å². The van der Waals surface area contributed by atoms with Gasteiger partial charge in [-0.1, -0.05) is 0 Å². The second kappa shape index (κ2) is 7.00. The van der Waals surface area contributed by atoms with E-state index in [1.165, 1.54) is 32.4 Å². The van der Waals surface area contributed by atoms with Gasteiger partial charge in [0.2, 0.25) is 0 Å². The molecule has 0 spiro atoms. The number of aryl methyl sites for hydroxylation is 1. The number of nitrogens with zero attached hydrogens (tertiary/aromatic N) is 2. The summed E-state index contributed by atoms with van der Waals surface area (Å²) in [6, 6.07) is 5.79. The highest BCUT2D eigenvalue weighted by Gasteiger charge is 2.18. The van der Waals surface area contributed by atoms with Gasteiger partial charge < -0.3 is 14.2 Å². The van der Waals surface area contributed by atoms with Crippen molar-refractivity contribution in [1.82, 2.24) is 9.55 Å². The fourth-order valence-electron chi connectivity index (χ4n) is 3.22. The maximum atomic E-state index is 11.5. The van der Waals surface area contributed by atoms with E-state index >= 15 is 0 Å². The van der Waals surface area contributed by atoms with Crippen molar-refractivity contribution in [1.29, 1.82) is 0 Å². The molecule has 0 saturated carbocycles. The molecule has 1 fully saturated rings. The number of ether oxygens (including phenoxy) is 1. The van der Waals surface area contributed by atoms with E-state index in [0.717, 1.165) is 23.4 Å². The highest BCUT2D eigenvalue weighted by Crippen LogP contribution is 2.19. The molecule has 6 nitrogen and oxygen atoms in total. The standard InChI is InChI=1S/C17H24N4O2/c1-3-23-17(22)18-13-7-8-15-14(11-13)19-16(20(15)2)12-21-9-5-4-6-10-21/h7-8,11H,3-6,9-10,12H2,1-2H3,(H,18,22)/p+1. The molecule has 1 amide bonds. The van der Waals surface area contributed by atoms with Crippen molar-refractivity contribution in [2.24, 2.45) is 7.05 Å². The summed E-state index contributed by atoms with van der Waals surface area (Å²) in [4.78, 5) is 17.9. The Bertz CT molecular complexity index is 689. The third kappa shape index (κ3) is 3.64. The number of carbonyl (C=O) groups excluding carboxylic acids is 1. The van der Waals surface area contributed by atoms with Crippen molar-refractivity contribution in [2.75, 3.05) is 25.0 Å². The maximum absolute atomic E-state index is 11.5. The van der Waals surface area contributed by atoms with Gasteiger partial charge in [0.05, 0.1) is 30.7 Å². The third-order valence-corrected chi connectivity index (χ3v) is 4.46. The summed E-state index contributed by atoms with van der Waals surface area (Å²) in [6.45, 7) is 5.58. The first-order valence-corrected chi connectivity index (χ1v) is 8.40. The molecule has 0 unspecified atom stereocenters. The molecular formula is C17H25N4O2+. The fourth-order valence-corrected chi connectivity index (χ4v) is 3.22. The van der Waals surface area contributed by atoms with Gasteiger partial charge in [0.15, 0.2) is 5.82 Å². The maximum Gasteiger partial charge on any atom is 0.411 e. The third-order valence-electron chi connectivity index (χ3n) is 4.46. The van der Waals surface area contributed by atoms with E-state index in [-0.39, 0.29) is 0 Å². The molecule has 0 atom stereocenters. The van der Waals surface area contributed by atoms with Gasteiger partial charge in [-0.15, -0.1) is 0 Å². The molecule has 3 rings (SSSR count). The van der Waals surface area contributed by atoms with Crippen molar-refractivity contribution >= 4 is 22.8 Å². The molecule has 2 aromatic rings. The van der Waals surface area contributed by atoms with Crippen molar-refractivity contribution < 1.29 is 14.4 Å². The normalized spacial score (nSPS) is 15.7. The minimum Gasteiger partial charge on any atom is -0.450 e. The lowest BCUT2D eigenvalue weighted by Crippen LogP contribution is -3.11. The van der Waals surface area contributed by atoms with Gasteiger partial charge in [-0.2, -0.15) is 0 Å². The lowest BCUT2D eigenvalue weighted by molar-refractivity contribution is -0.919. The molecule has 1 saturated heterocycles. The molecule has 124 valence electrons. The Kier molecular flexibility index (Phi) is 4.81. The van der Waals surface area contributed by atoms with Crippen LogP contribution in [0.1, 0.15) is 32.0 Å². The minimum atomic E-state index is -0.430. The number of anilines is 1. The second-order valence-corrected chi connectivity index (χ2v) is 6.12. The molecule has 23 heavy (non-hydrogen) atoms. The first kappa shape index (κ1) is 15.8. The number of carbonyl (C=O) groups is 1. The molecule has 2 heterocycles. The van der Waals surface area contributed by atoms with E-state index in [4.69, 9.17) is 9.72 Å². The van der Waals surface area contributed by atoms with Gasteiger partial charge >= 0.3 is 6.09 Å². The smallest absolute Gasteiger partial charge is 0.411 e. The van der Waals surface area contributed by atoms with Gasteiger partial charge in [-0.25, -0.2) is 9.78 Å². The number of fused-ring (bicyclic) bond motifs is 1. The van der Waals surface area contributed by atoms with Gasteiger partial charge in [-0.3, -0.25) is 5.32 Å². The average molecular weight is 317 g/mol. The molecule has 0 radical (unpaired) electrons. The van der Waals surface area contributed by atoms with Crippen LogP contribution in [0, 0.1) is 0 Å². The highest BCUT2D eigenvalue weighted by atomic mass is 16.5. The van der Waals surface area contributed by atoms with Crippen molar-refractivity contribution in [3.8, 4) is 0 Å². The van der Waals surface area contributed by atoms with Crippen LogP contribution >= 0.6 is 0 Å². The Morgan fingerprint density at radius 1 is 1.35 bits per heavy atom. The van der Waals surface area contributed by atoms with E-state index in [1.54, 1.807) is 11.8 Å². The summed E-state index contributed by atoms with van der Waals surface area (Å²) < 4.78 is 7.07. The molecule has 0 aliphatic carbocycles. The number of benzene rings is 1. The molecule has 1 aromatic heterocycles. The zero-order valence-corrected chi connectivity index (χ0v) is 13.9. The number of imidazole rings is 1. The summed E-state index contributed by atoms with van der Waals surface area (Å²) in [5, 5.41) is 2.73. The Labute approximate surface area is 136 Å². The highest BCUT2D eigenvalue weighted by molar-refractivity contribution is 5.88. The fraction of sp³-hybridized carbons (Fsp3) is 0.529. The van der Waals surface area contributed by atoms with Gasteiger partial charge in [0.25, 0.3) is 0 Å². The number of hydrogen-bond donors (Lipinski definition) is 2. The SMILES string of the molecule is CCOC(=O)Nc1ccc2c(c1)nc(C[NH+]1CCCCC1)n2C. The average Bonchev–Trinajstić information content (AvgIpc) is 2.84. The number of amides is 1. The quantitative estimate of drug-likeness (QED) is 0.902. The van der Waals surface area contributed by atoms with Crippen molar-refractivity contribution in [2.45, 2.75) is 32.7 Å². The Morgan fingerprint density at radius 2 is 2.13 bits per heavy atom.